The normalized spacial score (nSPS) is 26.9. The SMILES string of the molecule is CC(O)(CN1CCCC(S(C)(=O)=O)C1)C(F)(F)F. The van der Waals surface area contributed by atoms with Crippen LogP contribution in [0.1, 0.15) is 19.8 Å². The fraction of sp³-hybridized carbons (Fsp3) is 1.00. The second-order valence-electron chi connectivity index (χ2n) is 5.10. The van der Waals surface area contributed by atoms with Crippen molar-refractivity contribution in [1.82, 2.24) is 4.90 Å². The highest BCUT2D eigenvalue weighted by atomic mass is 32.2. The van der Waals surface area contributed by atoms with Crippen LogP contribution in [0.15, 0.2) is 0 Å². The Morgan fingerprint density at radius 1 is 1.39 bits per heavy atom. The van der Waals surface area contributed by atoms with Gasteiger partial charge in [-0.3, -0.25) is 4.90 Å². The van der Waals surface area contributed by atoms with Gasteiger partial charge in [-0.05, 0) is 26.3 Å². The first kappa shape index (κ1) is 15.7. The van der Waals surface area contributed by atoms with Gasteiger partial charge in [0.15, 0.2) is 15.4 Å². The van der Waals surface area contributed by atoms with E-state index in [-0.39, 0.29) is 6.54 Å². The Morgan fingerprint density at radius 3 is 2.39 bits per heavy atom. The molecule has 1 heterocycles. The number of halogens is 3. The van der Waals surface area contributed by atoms with E-state index in [0.717, 1.165) is 6.26 Å². The highest BCUT2D eigenvalue weighted by Gasteiger charge is 2.51. The molecule has 2 unspecified atom stereocenters. The topological polar surface area (TPSA) is 57.6 Å². The first-order valence-corrected chi connectivity index (χ1v) is 7.59. The zero-order chi connectivity index (χ0) is 14.2. The van der Waals surface area contributed by atoms with Gasteiger partial charge in [0.25, 0.3) is 0 Å². The molecule has 1 rings (SSSR count). The lowest BCUT2D eigenvalue weighted by Crippen LogP contribution is -2.54. The van der Waals surface area contributed by atoms with Crippen molar-refractivity contribution in [3.63, 3.8) is 0 Å². The van der Waals surface area contributed by atoms with Crippen molar-refractivity contribution in [2.45, 2.75) is 36.8 Å². The molecular weight excluding hydrogens is 271 g/mol. The lowest BCUT2D eigenvalue weighted by molar-refractivity contribution is -0.257. The van der Waals surface area contributed by atoms with Crippen LogP contribution in [-0.2, 0) is 9.84 Å². The van der Waals surface area contributed by atoms with Crippen molar-refractivity contribution in [1.29, 1.82) is 0 Å². The zero-order valence-corrected chi connectivity index (χ0v) is 11.2. The predicted octanol–water partition coefficient (Wildman–Crippen LogP) is 0.809. The van der Waals surface area contributed by atoms with Gasteiger partial charge in [-0.1, -0.05) is 0 Å². The van der Waals surface area contributed by atoms with Crippen molar-refractivity contribution < 1.29 is 26.7 Å². The summed E-state index contributed by atoms with van der Waals surface area (Å²) in [6.07, 6.45) is -2.65. The number of hydrogen-bond acceptors (Lipinski definition) is 4. The van der Waals surface area contributed by atoms with E-state index < -0.39 is 33.4 Å². The first-order valence-electron chi connectivity index (χ1n) is 5.64. The second kappa shape index (κ2) is 4.97. The Labute approximate surface area is 105 Å². The van der Waals surface area contributed by atoms with Gasteiger partial charge in [0.05, 0.1) is 5.25 Å². The van der Waals surface area contributed by atoms with E-state index >= 15 is 0 Å². The fourth-order valence-corrected chi connectivity index (χ4v) is 3.11. The van der Waals surface area contributed by atoms with Crippen LogP contribution < -0.4 is 0 Å². The maximum atomic E-state index is 12.5. The minimum atomic E-state index is -4.72. The van der Waals surface area contributed by atoms with Gasteiger partial charge in [0, 0.05) is 19.3 Å². The van der Waals surface area contributed by atoms with Crippen LogP contribution in [0, 0.1) is 0 Å². The van der Waals surface area contributed by atoms with Crippen LogP contribution in [-0.4, -0.2) is 61.3 Å². The fourth-order valence-electron chi connectivity index (χ4n) is 2.03. The number of sulfone groups is 1. The molecule has 0 bridgehead atoms. The lowest BCUT2D eigenvalue weighted by Gasteiger charge is -2.37. The largest absolute Gasteiger partial charge is 0.418 e. The standard InChI is InChI=1S/C10H18F3NO3S/c1-9(15,10(11,12)13)7-14-5-3-4-8(6-14)18(2,16)17/h8,15H,3-7H2,1-2H3. The third-order valence-electron chi connectivity index (χ3n) is 3.21. The van der Waals surface area contributed by atoms with E-state index in [1.54, 1.807) is 0 Å². The molecule has 0 saturated carbocycles. The molecule has 1 saturated heterocycles. The summed E-state index contributed by atoms with van der Waals surface area (Å²) in [4.78, 5) is 1.36. The molecule has 1 fully saturated rings. The third-order valence-corrected chi connectivity index (χ3v) is 4.81. The average molecular weight is 289 g/mol. The summed E-state index contributed by atoms with van der Waals surface area (Å²) >= 11 is 0. The quantitative estimate of drug-likeness (QED) is 0.835. The minimum Gasteiger partial charge on any atom is -0.380 e. The summed E-state index contributed by atoms with van der Waals surface area (Å²) in [5, 5.41) is 8.73. The molecule has 4 nitrogen and oxygen atoms in total. The maximum absolute atomic E-state index is 12.5. The Balaban J connectivity index is 2.70. The van der Waals surface area contributed by atoms with Gasteiger partial charge in [0.1, 0.15) is 0 Å². The Bertz CT molecular complexity index is 392. The predicted molar refractivity (Wildman–Crippen MR) is 61.0 cm³/mol. The Morgan fingerprint density at radius 2 is 1.94 bits per heavy atom. The molecule has 0 spiro atoms. The van der Waals surface area contributed by atoms with Crippen molar-refractivity contribution >= 4 is 9.84 Å². The molecular formula is C10H18F3NO3S. The smallest absolute Gasteiger partial charge is 0.380 e. The van der Waals surface area contributed by atoms with Crippen LogP contribution in [0.5, 0.6) is 0 Å². The number of nitrogens with zero attached hydrogens (tertiary/aromatic N) is 1. The second-order valence-corrected chi connectivity index (χ2v) is 7.43. The van der Waals surface area contributed by atoms with Crippen LogP contribution in [0.2, 0.25) is 0 Å². The van der Waals surface area contributed by atoms with Crippen molar-refractivity contribution in [2.24, 2.45) is 0 Å². The van der Waals surface area contributed by atoms with Crippen molar-refractivity contribution in [2.75, 3.05) is 25.9 Å². The van der Waals surface area contributed by atoms with Gasteiger partial charge in [0.2, 0.25) is 0 Å². The van der Waals surface area contributed by atoms with Gasteiger partial charge < -0.3 is 5.11 Å². The number of β-amino-alcohol motifs (C(OH)–C–C–N with tert-alkyl or cyclic N) is 1. The summed E-state index contributed by atoms with van der Waals surface area (Å²) in [6.45, 7) is 0.531. The molecule has 8 heteroatoms. The molecule has 18 heavy (non-hydrogen) atoms. The molecule has 0 aromatic heterocycles. The number of piperidine rings is 1. The summed E-state index contributed by atoms with van der Waals surface area (Å²) in [5.74, 6) is 0. The van der Waals surface area contributed by atoms with E-state index in [1.807, 2.05) is 0 Å². The molecule has 1 N–H and O–H groups in total. The van der Waals surface area contributed by atoms with Crippen LogP contribution >= 0.6 is 0 Å². The van der Waals surface area contributed by atoms with Crippen LogP contribution in [0.25, 0.3) is 0 Å². The van der Waals surface area contributed by atoms with Gasteiger partial charge >= 0.3 is 6.18 Å². The van der Waals surface area contributed by atoms with Crippen LogP contribution in [0.3, 0.4) is 0 Å². The van der Waals surface area contributed by atoms with E-state index in [0.29, 0.717) is 26.3 Å². The number of likely N-dealkylation sites (tertiary alicyclic amines) is 1. The summed E-state index contributed by atoms with van der Waals surface area (Å²) in [6, 6.07) is 0. The zero-order valence-electron chi connectivity index (χ0n) is 10.4. The monoisotopic (exact) mass is 289 g/mol. The molecule has 0 amide bonds. The van der Waals surface area contributed by atoms with E-state index in [1.165, 1.54) is 4.90 Å². The van der Waals surface area contributed by atoms with Crippen LogP contribution in [0.4, 0.5) is 13.2 Å². The molecule has 0 aromatic carbocycles. The molecule has 0 aromatic rings. The lowest BCUT2D eigenvalue weighted by atomic mass is 10.0. The Kier molecular flexibility index (Phi) is 4.34. The summed E-state index contributed by atoms with van der Waals surface area (Å²) in [5.41, 5.74) is -2.81. The number of alkyl halides is 3. The van der Waals surface area contributed by atoms with Gasteiger partial charge in [-0.25, -0.2) is 8.42 Å². The molecule has 1 aliphatic rings. The number of rotatable bonds is 3. The minimum absolute atomic E-state index is 0.0467. The molecule has 1 aliphatic heterocycles. The number of aliphatic hydroxyl groups is 1. The average Bonchev–Trinajstić information content (AvgIpc) is 2.14. The molecule has 108 valence electrons. The summed E-state index contributed by atoms with van der Waals surface area (Å²) in [7, 11) is -3.25. The molecule has 0 aliphatic carbocycles. The van der Waals surface area contributed by atoms with Gasteiger partial charge in [-0.15, -0.1) is 0 Å². The van der Waals surface area contributed by atoms with Crippen molar-refractivity contribution in [3.05, 3.63) is 0 Å². The van der Waals surface area contributed by atoms with Crippen molar-refractivity contribution in [3.8, 4) is 0 Å². The molecule has 0 radical (unpaired) electrons. The third kappa shape index (κ3) is 3.83. The first-order chi connectivity index (χ1) is 7.93. The van der Waals surface area contributed by atoms with E-state index in [4.69, 9.17) is 0 Å². The van der Waals surface area contributed by atoms with Gasteiger partial charge in [-0.2, -0.15) is 13.2 Å². The maximum Gasteiger partial charge on any atom is 0.418 e. The molecule has 2 atom stereocenters. The summed E-state index contributed by atoms with van der Waals surface area (Å²) < 4.78 is 60.3. The van der Waals surface area contributed by atoms with E-state index in [9.17, 15) is 26.7 Å². The highest BCUT2D eigenvalue weighted by molar-refractivity contribution is 7.91. The van der Waals surface area contributed by atoms with E-state index in [2.05, 4.69) is 0 Å². The highest BCUT2D eigenvalue weighted by Crippen LogP contribution is 2.31. The number of hydrogen-bond donors (Lipinski definition) is 1. The Hall–Kier alpha value is -0.340.